The first-order valence-electron chi connectivity index (χ1n) is 7.70. The van der Waals surface area contributed by atoms with Crippen LogP contribution in [0.4, 0.5) is 13.2 Å². The molecule has 1 heterocycles. The van der Waals surface area contributed by atoms with Crippen LogP contribution in [0.1, 0.15) is 22.3 Å². The lowest BCUT2D eigenvalue weighted by atomic mass is 10.1. The molecular formula is C17H19F3N2O3S. The number of benzene rings is 1. The van der Waals surface area contributed by atoms with E-state index in [9.17, 15) is 21.6 Å². The summed E-state index contributed by atoms with van der Waals surface area (Å²) >= 11 is 0. The molecule has 0 aliphatic carbocycles. The van der Waals surface area contributed by atoms with Crippen LogP contribution in [0.25, 0.3) is 0 Å². The van der Waals surface area contributed by atoms with Crippen molar-refractivity contribution >= 4 is 10.0 Å². The number of hydrogen-bond donors (Lipinski definition) is 1. The molecule has 0 amide bonds. The summed E-state index contributed by atoms with van der Waals surface area (Å²) in [5.74, 6) is -0.259. The van der Waals surface area contributed by atoms with Gasteiger partial charge in [-0.15, -0.1) is 0 Å². The minimum absolute atomic E-state index is 0.157. The third-order valence-corrected chi connectivity index (χ3v) is 5.25. The van der Waals surface area contributed by atoms with E-state index in [2.05, 4.69) is 14.4 Å². The number of nitrogens with zero attached hydrogens (tertiary/aromatic N) is 1. The van der Waals surface area contributed by atoms with Gasteiger partial charge in [0, 0.05) is 18.3 Å². The zero-order valence-corrected chi connectivity index (χ0v) is 15.3. The molecule has 0 fully saturated rings. The minimum atomic E-state index is -4.51. The fourth-order valence-corrected chi connectivity index (χ4v) is 4.13. The highest BCUT2D eigenvalue weighted by Gasteiger charge is 2.29. The second kappa shape index (κ2) is 7.63. The summed E-state index contributed by atoms with van der Waals surface area (Å²) in [4.78, 5) is 3.90. The van der Waals surface area contributed by atoms with Crippen molar-refractivity contribution in [3.63, 3.8) is 0 Å². The molecule has 0 atom stereocenters. The molecule has 1 aromatic heterocycles. The summed E-state index contributed by atoms with van der Waals surface area (Å²) in [7, 11) is -3.85. The average molecular weight is 388 g/mol. The molecule has 0 unspecified atom stereocenters. The van der Waals surface area contributed by atoms with Crippen LogP contribution in [0.2, 0.25) is 0 Å². The van der Waals surface area contributed by atoms with Gasteiger partial charge in [0.15, 0.2) is 6.61 Å². The van der Waals surface area contributed by atoms with Gasteiger partial charge < -0.3 is 4.74 Å². The number of rotatable bonds is 6. The minimum Gasteiger partial charge on any atom is -0.468 e. The molecule has 0 saturated heterocycles. The zero-order chi connectivity index (χ0) is 19.5. The molecule has 0 saturated carbocycles. The van der Waals surface area contributed by atoms with Crippen LogP contribution in [0, 0.1) is 20.8 Å². The van der Waals surface area contributed by atoms with E-state index in [1.165, 1.54) is 18.3 Å². The van der Waals surface area contributed by atoms with E-state index in [0.29, 0.717) is 11.1 Å². The smallest absolute Gasteiger partial charge is 0.422 e. The quantitative estimate of drug-likeness (QED) is 0.823. The van der Waals surface area contributed by atoms with Gasteiger partial charge in [-0.25, -0.2) is 18.1 Å². The maximum absolute atomic E-state index is 12.6. The van der Waals surface area contributed by atoms with Crippen molar-refractivity contribution < 1.29 is 26.3 Å². The summed E-state index contributed by atoms with van der Waals surface area (Å²) in [6.07, 6.45) is -3.23. The predicted octanol–water partition coefficient (Wildman–Crippen LogP) is 3.43. The van der Waals surface area contributed by atoms with Crippen LogP contribution in [-0.2, 0) is 16.6 Å². The lowest BCUT2D eigenvalue weighted by Crippen LogP contribution is -2.26. The van der Waals surface area contributed by atoms with Crippen molar-refractivity contribution in [2.24, 2.45) is 0 Å². The number of halogens is 3. The molecule has 0 aliphatic heterocycles. The Kier molecular flexibility index (Phi) is 5.92. The van der Waals surface area contributed by atoms with Crippen molar-refractivity contribution in [2.75, 3.05) is 6.61 Å². The number of ether oxygens (including phenoxy) is 1. The summed E-state index contributed by atoms with van der Waals surface area (Å²) in [5, 5.41) is 0. The zero-order valence-electron chi connectivity index (χ0n) is 14.5. The van der Waals surface area contributed by atoms with Gasteiger partial charge >= 0.3 is 6.18 Å². The first-order chi connectivity index (χ1) is 12.0. The second-order valence-electron chi connectivity index (χ2n) is 5.92. The number of aryl methyl sites for hydroxylation is 3. The predicted molar refractivity (Wildman–Crippen MR) is 90.5 cm³/mol. The van der Waals surface area contributed by atoms with E-state index >= 15 is 0 Å². The van der Waals surface area contributed by atoms with Crippen LogP contribution in [-0.4, -0.2) is 26.2 Å². The van der Waals surface area contributed by atoms with Crippen LogP contribution in [0.3, 0.4) is 0 Å². The lowest BCUT2D eigenvalue weighted by molar-refractivity contribution is -0.154. The summed E-state index contributed by atoms with van der Waals surface area (Å²) in [6.45, 7) is 3.51. The Morgan fingerprint density at radius 2 is 1.77 bits per heavy atom. The van der Waals surface area contributed by atoms with E-state index in [0.717, 1.165) is 5.56 Å². The average Bonchev–Trinajstić information content (AvgIpc) is 2.49. The molecule has 142 valence electrons. The summed E-state index contributed by atoms with van der Waals surface area (Å²) in [5.41, 5.74) is 2.33. The van der Waals surface area contributed by atoms with Crippen molar-refractivity contribution in [1.29, 1.82) is 0 Å². The topological polar surface area (TPSA) is 68.3 Å². The molecule has 26 heavy (non-hydrogen) atoms. The Labute approximate surface area is 150 Å². The van der Waals surface area contributed by atoms with Crippen LogP contribution < -0.4 is 9.46 Å². The van der Waals surface area contributed by atoms with Crippen molar-refractivity contribution in [2.45, 2.75) is 38.4 Å². The second-order valence-corrected chi connectivity index (χ2v) is 7.63. The van der Waals surface area contributed by atoms with Gasteiger partial charge in [-0.2, -0.15) is 13.2 Å². The number of alkyl halides is 3. The third kappa shape index (κ3) is 5.18. The number of nitrogens with one attached hydrogen (secondary N) is 1. The molecule has 1 aromatic carbocycles. The van der Waals surface area contributed by atoms with Gasteiger partial charge in [-0.05, 0) is 38.0 Å². The van der Waals surface area contributed by atoms with Crippen LogP contribution in [0.5, 0.6) is 5.88 Å². The fraction of sp³-hybridized carbons (Fsp3) is 0.353. The lowest BCUT2D eigenvalue weighted by Gasteiger charge is -2.15. The summed E-state index contributed by atoms with van der Waals surface area (Å²) in [6, 6.07) is 6.45. The highest BCUT2D eigenvalue weighted by atomic mass is 32.2. The van der Waals surface area contributed by atoms with Crippen molar-refractivity contribution in [3.8, 4) is 5.88 Å². The van der Waals surface area contributed by atoms with Gasteiger partial charge in [0.2, 0.25) is 15.9 Å². The number of hydrogen-bond acceptors (Lipinski definition) is 4. The van der Waals surface area contributed by atoms with Crippen LogP contribution in [0.15, 0.2) is 35.4 Å². The molecule has 0 aliphatic rings. The van der Waals surface area contributed by atoms with Crippen molar-refractivity contribution in [3.05, 3.63) is 52.7 Å². The maximum atomic E-state index is 12.6. The molecule has 0 spiro atoms. The van der Waals surface area contributed by atoms with E-state index in [4.69, 9.17) is 0 Å². The van der Waals surface area contributed by atoms with Crippen molar-refractivity contribution in [1.82, 2.24) is 9.71 Å². The molecule has 0 bridgehead atoms. The Morgan fingerprint density at radius 1 is 1.15 bits per heavy atom. The molecular weight excluding hydrogens is 369 g/mol. The Bertz CT molecular complexity index is 873. The Balaban J connectivity index is 2.21. The Hall–Kier alpha value is -2.13. The number of aromatic nitrogens is 1. The standard InChI is InChI=1S/C17H19F3N2O3S/c1-11-7-12(2)15(13(3)8-11)26(23,24)22-9-14-5-4-6-21-16(14)25-10-17(18,19)20/h4-8,22H,9-10H2,1-3H3. The number of pyridine rings is 1. The molecule has 1 N–H and O–H groups in total. The highest BCUT2D eigenvalue weighted by Crippen LogP contribution is 2.23. The van der Waals surface area contributed by atoms with Gasteiger partial charge in [0.05, 0.1) is 4.90 Å². The molecule has 5 nitrogen and oxygen atoms in total. The van der Waals surface area contributed by atoms with Gasteiger partial charge in [0.1, 0.15) is 0 Å². The van der Waals surface area contributed by atoms with Gasteiger partial charge in [-0.1, -0.05) is 23.8 Å². The summed E-state index contributed by atoms with van der Waals surface area (Å²) < 4.78 is 69.3. The fourth-order valence-electron chi connectivity index (χ4n) is 2.67. The number of sulfonamides is 1. The largest absolute Gasteiger partial charge is 0.468 e. The van der Waals surface area contributed by atoms with Gasteiger partial charge in [0.25, 0.3) is 0 Å². The van der Waals surface area contributed by atoms with E-state index in [-0.39, 0.29) is 22.9 Å². The first kappa shape index (κ1) is 20.2. The maximum Gasteiger partial charge on any atom is 0.422 e. The highest BCUT2D eigenvalue weighted by molar-refractivity contribution is 7.89. The normalized spacial score (nSPS) is 12.2. The van der Waals surface area contributed by atoms with Gasteiger partial charge in [-0.3, -0.25) is 0 Å². The van der Waals surface area contributed by atoms with Crippen LogP contribution >= 0.6 is 0 Å². The SMILES string of the molecule is Cc1cc(C)c(S(=O)(=O)NCc2cccnc2OCC(F)(F)F)c(C)c1. The van der Waals surface area contributed by atoms with E-state index < -0.39 is 22.8 Å². The monoisotopic (exact) mass is 388 g/mol. The third-order valence-electron chi connectivity index (χ3n) is 3.55. The molecule has 9 heteroatoms. The van der Waals surface area contributed by atoms with E-state index in [1.54, 1.807) is 26.0 Å². The molecule has 2 aromatic rings. The van der Waals surface area contributed by atoms with E-state index in [1.807, 2.05) is 6.92 Å². The molecule has 0 radical (unpaired) electrons. The Morgan fingerprint density at radius 3 is 2.35 bits per heavy atom. The molecule has 2 rings (SSSR count). The first-order valence-corrected chi connectivity index (χ1v) is 9.19.